The number of anilines is 1. The summed E-state index contributed by atoms with van der Waals surface area (Å²) in [5, 5.41) is 2.36. The van der Waals surface area contributed by atoms with Gasteiger partial charge in [0.2, 0.25) is 0 Å². The van der Waals surface area contributed by atoms with E-state index in [1.807, 2.05) is 0 Å². The van der Waals surface area contributed by atoms with Crippen molar-refractivity contribution in [2.24, 2.45) is 10.7 Å². The zero-order valence-electron chi connectivity index (χ0n) is 15.1. The van der Waals surface area contributed by atoms with E-state index in [-0.39, 0.29) is 41.8 Å². The smallest absolute Gasteiger partial charge is 0.274 e. The first-order valence-corrected chi connectivity index (χ1v) is 8.28. The number of aromatic nitrogens is 1. The maximum Gasteiger partial charge on any atom is 0.274 e. The number of nitrogens with two attached hydrogens (primary N) is 1. The van der Waals surface area contributed by atoms with E-state index >= 15 is 0 Å². The van der Waals surface area contributed by atoms with Crippen LogP contribution in [0.4, 0.5) is 27.6 Å². The number of amidine groups is 1. The Morgan fingerprint density at radius 3 is 2.50 bits per heavy atom. The molecule has 30 heavy (non-hydrogen) atoms. The summed E-state index contributed by atoms with van der Waals surface area (Å²) in [6, 6.07) is 5.16. The lowest BCUT2D eigenvalue weighted by molar-refractivity contribution is -0.0145. The van der Waals surface area contributed by atoms with Crippen LogP contribution in [0.2, 0.25) is 0 Å². The minimum absolute atomic E-state index is 0. The number of ether oxygens (including phenoxy) is 1. The number of benzene rings is 1. The van der Waals surface area contributed by atoms with Crippen molar-refractivity contribution in [2.75, 3.05) is 18.5 Å². The molecule has 0 unspecified atom stereocenters. The Hall–Kier alpha value is -2.79. The van der Waals surface area contributed by atoms with Crippen LogP contribution in [0, 0.1) is 5.82 Å². The lowest BCUT2D eigenvalue weighted by Crippen LogP contribution is -2.45. The third-order valence-electron chi connectivity index (χ3n) is 4.24. The van der Waals surface area contributed by atoms with E-state index in [0.717, 1.165) is 36.5 Å². The fraction of sp³-hybridized carbons (Fsp3) is 0.278. The van der Waals surface area contributed by atoms with Gasteiger partial charge in [-0.05, 0) is 30.3 Å². The SMILES string of the molecule is Cl.NC1=N[C@@](c2cc(NC(=O)c3ccc(C(F)F)cn3)ccc2F)(C(F)F)COC1. The number of rotatable bonds is 5. The van der Waals surface area contributed by atoms with Crippen molar-refractivity contribution in [2.45, 2.75) is 18.4 Å². The maximum atomic E-state index is 14.4. The molecule has 3 N–H and O–H groups in total. The van der Waals surface area contributed by atoms with Crippen molar-refractivity contribution in [3.63, 3.8) is 0 Å². The highest BCUT2D eigenvalue weighted by Crippen LogP contribution is 2.38. The van der Waals surface area contributed by atoms with Crippen molar-refractivity contribution < 1.29 is 31.5 Å². The molecular formula is C18H16ClF5N4O2. The number of hydrogen-bond donors (Lipinski definition) is 2. The summed E-state index contributed by atoms with van der Waals surface area (Å²) in [6.07, 6.45) is -5.03. The molecule has 0 fully saturated rings. The Bertz CT molecular complexity index is 943. The number of alkyl halides is 4. The van der Waals surface area contributed by atoms with Crippen LogP contribution in [0.5, 0.6) is 0 Å². The third-order valence-corrected chi connectivity index (χ3v) is 4.24. The number of halogens is 6. The normalized spacial score (nSPS) is 18.7. The van der Waals surface area contributed by atoms with Gasteiger partial charge in [0, 0.05) is 23.0 Å². The summed E-state index contributed by atoms with van der Waals surface area (Å²) in [4.78, 5) is 19.6. The molecule has 1 atom stereocenters. The highest BCUT2D eigenvalue weighted by Gasteiger charge is 2.46. The van der Waals surface area contributed by atoms with Crippen molar-refractivity contribution in [1.29, 1.82) is 0 Å². The third kappa shape index (κ3) is 4.68. The van der Waals surface area contributed by atoms with Crippen molar-refractivity contribution in [1.82, 2.24) is 4.98 Å². The van der Waals surface area contributed by atoms with E-state index < -0.39 is 42.3 Å². The fourth-order valence-corrected chi connectivity index (χ4v) is 2.80. The van der Waals surface area contributed by atoms with E-state index in [2.05, 4.69) is 15.3 Å². The van der Waals surface area contributed by atoms with E-state index in [0.29, 0.717) is 0 Å². The van der Waals surface area contributed by atoms with E-state index in [9.17, 15) is 26.7 Å². The van der Waals surface area contributed by atoms with Gasteiger partial charge in [0.1, 0.15) is 24.0 Å². The molecule has 0 radical (unpaired) electrons. The van der Waals surface area contributed by atoms with Crippen molar-refractivity contribution in [3.05, 3.63) is 59.2 Å². The summed E-state index contributed by atoms with van der Waals surface area (Å²) in [5.41, 5.74) is 2.06. The minimum Gasteiger partial charge on any atom is -0.385 e. The van der Waals surface area contributed by atoms with E-state index in [1.54, 1.807) is 0 Å². The Labute approximate surface area is 173 Å². The lowest BCUT2D eigenvalue weighted by Gasteiger charge is -2.33. The molecule has 0 spiro atoms. The van der Waals surface area contributed by atoms with Gasteiger partial charge in [-0.1, -0.05) is 0 Å². The van der Waals surface area contributed by atoms with Gasteiger partial charge in [-0.15, -0.1) is 12.4 Å². The summed E-state index contributed by atoms with van der Waals surface area (Å²) in [6.45, 7) is -0.761. The number of carbonyl (C=O) groups is 1. The number of nitrogens with zero attached hydrogens (tertiary/aromatic N) is 2. The van der Waals surface area contributed by atoms with Gasteiger partial charge in [0.25, 0.3) is 18.8 Å². The number of carbonyl (C=O) groups excluding carboxylic acids is 1. The molecule has 1 amide bonds. The van der Waals surface area contributed by atoms with E-state index in [1.165, 1.54) is 0 Å². The van der Waals surface area contributed by atoms with Crippen LogP contribution >= 0.6 is 12.4 Å². The molecule has 3 rings (SSSR count). The molecule has 1 aliphatic rings. The van der Waals surface area contributed by atoms with Crippen LogP contribution < -0.4 is 11.1 Å². The summed E-state index contributed by atoms with van der Waals surface area (Å²) >= 11 is 0. The van der Waals surface area contributed by atoms with Crippen LogP contribution in [0.3, 0.4) is 0 Å². The van der Waals surface area contributed by atoms with Crippen LogP contribution in [-0.4, -0.2) is 36.4 Å². The first kappa shape index (κ1) is 23.5. The molecule has 12 heteroatoms. The van der Waals surface area contributed by atoms with Crippen molar-refractivity contribution >= 4 is 29.8 Å². The van der Waals surface area contributed by atoms with E-state index in [4.69, 9.17) is 10.5 Å². The largest absolute Gasteiger partial charge is 0.385 e. The molecule has 0 saturated heterocycles. The second kappa shape index (κ2) is 9.35. The summed E-state index contributed by atoms with van der Waals surface area (Å²) < 4.78 is 72.2. The molecule has 0 aliphatic carbocycles. The fourth-order valence-electron chi connectivity index (χ4n) is 2.80. The van der Waals surface area contributed by atoms with Gasteiger partial charge in [-0.2, -0.15) is 0 Å². The predicted molar refractivity (Wildman–Crippen MR) is 101 cm³/mol. The Morgan fingerprint density at radius 1 is 1.20 bits per heavy atom. The molecule has 162 valence electrons. The molecule has 1 aromatic heterocycles. The highest BCUT2D eigenvalue weighted by atomic mass is 35.5. The number of amides is 1. The molecule has 6 nitrogen and oxygen atoms in total. The number of hydrogen-bond acceptors (Lipinski definition) is 5. The standard InChI is InChI=1S/C18H15F5N4O2.ClH/c19-12-3-2-10(26-16(28)13-4-1-9(6-25-13)15(20)21)5-11(12)18(17(22)23)8-29-7-14(24)27-18;/h1-6,15,17H,7-8H2,(H2,24,27)(H,26,28);1H/t18-;/m0./s1. The quantitative estimate of drug-likeness (QED) is 0.680. The average molecular weight is 451 g/mol. The molecule has 0 bridgehead atoms. The first-order chi connectivity index (χ1) is 13.7. The second-order valence-electron chi connectivity index (χ2n) is 6.25. The Balaban J connectivity index is 0.00000320. The second-order valence-corrected chi connectivity index (χ2v) is 6.25. The van der Waals surface area contributed by atoms with Gasteiger partial charge in [0.05, 0.1) is 6.61 Å². The molecule has 0 saturated carbocycles. The van der Waals surface area contributed by atoms with Crippen LogP contribution in [0.25, 0.3) is 0 Å². The number of aliphatic imine (C=N–C) groups is 1. The number of pyridine rings is 1. The first-order valence-electron chi connectivity index (χ1n) is 8.28. The van der Waals surface area contributed by atoms with Crippen LogP contribution in [-0.2, 0) is 10.3 Å². The monoisotopic (exact) mass is 450 g/mol. The summed E-state index contributed by atoms with van der Waals surface area (Å²) in [7, 11) is 0. The van der Waals surface area contributed by atoms with Crippen LogP contribution in [0.15, 0.2) is 41.5 Å². The predicted octanol–water partition coefficient (Wildman–Crippen LogP) is 3.68. The number of nitrogens with one attached hydrogen (secondary N) is 1. The highest BCUT2D eigenvalue weighted by molar-refractivity contribution is 6.02. The van der Waals surface area contributed by atoms with Crippen LogP contribution in [0.1, 0.15) is 28.0 Å². The summed E-state index contributed by atoms with van der Waals surface area (Å²) in [5.74, 6) is -1.99. The Kier molecular flexibility index (Phi) is 7.32. The Morgan fingerprint density at radius 2 is 1.93 bits per heavy atom. The molecule has 1 aliphatic heterocycles. The van der Waals surface area contributed by atoms with Gasteiger partial charge < -0.3 is 15.8 Å². The van der Waals surface area contributed by atoms with Crippen molar-refractivity contribution in [3.8, 4) is 0 Å². The average Bonchev–Trinajstić information content (AvgIpc) is 2.69. The molecule has 2 heterocycles. The van der Waals surface area contributed by atoms with Gasteiger partial charge in [-0.25, -0.2) is 22.0 Å². The molecule has 1 aromatic carbocycles. The van der Waals surface area contributed by atoms with Gasteiger partial charge in [-0.3, -0.25) is 14.8 Å². The molecule has 2 aromatic rings. The minimum atomic E-state index is -3.13. The zero-order valence-corrected chi connectivity index (χ0v) is 15.9. The zero-order chi connectivity index (χ0) is 21.2. The van der Waals surface area contributed by atoms with Gasteiger partial charge in [0.15, 0.2) is 5.54 Å². The topological polar surface area (TPSA) is 89.6 Å². The van der Waals surface area contributed by atoms with Gasteiger partial charge >= 0.3 is 0 Å². The maximum absolute atomic E-state index is 14.4. The molecular weight excluding hydrogens is 435 g/mol. The lowest BCUT2D eigenvalue weighted by atomic mass is 9.90.